The van der Waals surface area contributed by atoms with Gasteiger partial charge in [-0.25, -0.2) is 5.43 Å². The molecule has 1 heterocycles. The van der Waals surface area contributed by atoms with Gasteiger partial charge in [0.05, 0.1) is 6.21 Å². The molecule has 2 amide bonds. The zero-order valence-corrected chi connectivity index (χ0v) is 18.3. The summed E-state index contributed by atoms with van der Waals surface area (Å²) in [6, 6.07) is 21.8. The minimum Gasteiger partial charge on any atom is -0.484 e. The first-order valence-electron chi connectivity index (χ1n) is 10.4. The lowest BCUT2D eigenvalue weighted by Crippen LogP contribution is -2.20. The molecular formula is C26H23N3O4. The molecule has 0 aliphatic carbocycles. The molecule has 0 aliphatic rings. The molecule has 0 spiro atoms. The Morgan fingerprint density at radius 1 is 0.970 bits per heavy atom. The van der Waals surface area contributed by atoms with Crippen molar-refractivity contribution < 1.29 is 18.7 Å². The highest BCUT2D eigenvalue weighted by Gasteiger charge is 2.11. The molecule has 33 heavy (non-hydrogen) atoms. The van der Waals surface area contributed by atoms with E-state index in [1.54, 1.807) is 36.4 Å². The second-order valence-electron chi connectivity index (χ2n) is 7.56. The van der Waals surface area contributed by atoms with Crippen LogP contribution in [-0.2, 0) is 4.79 Å². The van der Waals surface area contributed by atoms with Crippen LogP contribution in [0.1, 0.15) is 27.2 Å². The van der Waals surface area contributed by atoms with E-state index in [0.717, 1.165) is 22.2 Å². The van der Waals surface area contributed by atoms with Crippen molar-refractivity contribution in [1.82, 2.24) is 5.43 Å². The second kappa shape index (κ2) is 9.82. The smallest absolute Gasteiger partial charge is 0.307 e. The van der Waals surface area contributed by atoms with Crippen LogP contribution in [-0.4, -0.2) is 24.6 Å². The zero-order chi connectivity index (χ0) is 23.2. The summed E-state index contributed by atoms with van der Waals surface area (Å²) in [5.74, 6) is -0.00805. The van der Waals surface area contributed by atoms with Crippen molar-refractivity contribution in [2.75, 3.05) is 11.9 Å². The average molecular weight is 441 g/mol. The van der Waals surface area contributed by atoms with Gasteiger partial charge >= 0.3 is 5.91 Å². The average Bonchev–Trinajstić information content (AvgIpc) is 3.25. The lowest BCUT2D eigenvalue weighted by Gasteiger charge is -2.09. The van der Waals surface area contributed by atoms with E-state index in [1.807, 2.05) is 50.2 Å². The number of hydrogen-bond donors (Lipinski definition) is 2. The number of anilines is 1. The van der Waals surface area contributed by atoms with E-state index in [1.165, 1.54) is 6.21 Å². The standard InChI is InChI=1S/C26H23N3O4/c1-17-10-11-21(12-18(17)2)28-25(30)16-32-22-8-5-6-19(13-22)15-27-29-26(31)24-14-20-7-3-4-9-23(20)33-24/h3-15H,16H2,1-2H3,(H,28,30)(H,29,31). The molecule has 1 aromatic heterocycles. The van der Waals surface area contributed by atoms with Gasteiger partial charge < -0.3 is 14.5 Å². The summed E-state index contributed by atoms with van der Waals surface area (Å²) in [5.41, 5.74) is 6.78. The van der Waals surface area contributed by atoms with Gasteiger partial charge in [0.25, 0.3) is 5.91 Å². The molecule has 3 aromatic carbocycles. The molecule has 4 aromatic rings. The Balaban J connectivity index is 1.30. The summed E-state index contributed by atoms with van der Waals surface area (Å²) < 4.78 is 11.1. The largest absolute Gasteiger partial charge is 0.484 e. The minimum atomic E-state index is -0.446. The number of hydrogen-bond acceptors (Lipinski definition) is 5. The fourth-order valence-corrected chi connectivity index (χ4v) is 3.16. The van der Waals surface area contributed by atoms with Crippen molar-refractivity contribution in [3.05, 3.63) is 95.2 Å². The highest BCUT2D eigenvalue weighted by molar-refractivity contribution is 5.96. The number of fused-ring (bicyclic) bond motifs is 1. The van der Waals surface area contributed by atoms with Crippen LogP contribution in [0.15, 0.2) is 82.3 Å². The highest BCUT2D eigenvalue weighted by Crippen LogP contribution is 2.19. The molecule has 7 nitrogen and oxygen atoms in total. The van der Waals surface area contributed by atoms with Crippen LogP contribution in [0.5, 0.6) is 5.75 Å². The number of rotatable bonds is 7. The van der Waals surface area contributed by atoms with Crippen molar-refractivity contribution in [3.8, 4) is 5.75 Å². The number of aryl methyl sites for hydroxylation is 2. The molecule has 0 fully saturated rings. The second-order valence-corrected chi connectivity index (χ2v) is 7.56. The van der Waals surface area contributed by atoms with E-state index in [-0.39, 0.29) is 18.3 Å². The SMILES string of the molecule is Cc1ccc(NC(=O)COc2cccc(C=NNC(=O)c3cc4ccccc4o3)c2)cc1C. The molecule has 0 saturated carbocycles. The number of nitrogens with zero attached hydrogens (tertiary/aromatic N) is 1. The highest BCUT2D eigenvalue weighted by atomic mass is 16.5. The van der Waals surface area contributed by atoms with E-state index < -0.39 is 5.91 Å². The Labute approximate surface area is 191 Å². The van der Waals surface area contributed by atoms with E-state index in [9.17, 15) is 9.59 Å². The fourth-order valence-electron chi connectivity index (χ4n) is 3.16. The number of nitrogens with one attached hydrogen (secondary N) is 2. The van der Waals surface area contributed by atoms with Crippen molar-refractivity contribution in [3.63, 3.8) is 0 Å². The first-order chi connectivity index (χ1) is 16.0. The summed E-state index contributed by atoms with van der Waals surface area (Å²) in [4.78, 5) is 24.4. The predicted octanol–water partition coefficient (Wildman–Crippen LogP) is 4.83. The predicted molar refractivity (Wildman–Crippen MR) is 128 cm³/mol. The number of carbonyl (C=O) groups is 2. The minimum absolute atomic E-state index is 0.129. The zero-order valence-electron chi connectivity index (χ0n) is 18.3. The van der Waals surface area contributed by atoms with Gasteiger partial charge in [0, 0.05) is 11.1 Å². The van der Waals surface area contributed by atoms with Gasteiger partial charge in [0.15, 0.2) is 12.4 Å². The van der Waals surface area contributed by atoms with E-state index >= 15 is 0 Å². The number of para-hydroxylation sites is 1. The Hall–Kier alpha value is -4.39. The van der Waals surface area contributed by atoms with E-state index in [0.29, 0.717) is 16.9 Å². The van der Waals surface area contributed by atoms with Crippen LogP contribution < -0.4 is 15.5 Å². The van der Waals surface area contributed by atoms with Crippen LogP contribution in [0.25, 0.3) is 11.0 Å². The van der Waals surface area contributed by atoms with Crippen molar-refractivity contribution in [2.45, 2.75) is 13.8 Å². The fraction of sp³-hybridized carbons (Fsp3) is 0.115. The van der Waals surface area contributed by atoms with Gasteiger partial charge in [0.2, 0.25) is 0 Å². The number of ether oxygens (including phenoxy) is 1. The number of benzene rings is 3. The maximum atomic E-state index is 12.3. The van der Waals surface area contributed by atoms with Gasteiger partial charge in [-0.1, -0.05) is 36.4 Å². The van der Waals surface area contributed by atoms with Crippen molar-refractivity contribution in [2.24, 2.45) is 5.10 Å². The lowest BCUT2D eigenvalue weighted by atomic mass is 10.1. The van der Waals surface area contributed by atoms with Gasteiger partial charge in [-0.15, -0.1) is 0 Å². The summed E-state index contributed by atoms with van der Waals surface area (Å²) >= 11 is 0. The van der Waals surface area contributed by atoms with Crippen molar-refractivity contribution in [1.29, 1.82) is 0 Å². The third kappa shape index (κ3) is 5.65. The number of furan rings is 1. The molecule has 0 unspecified atom stereocenters. The molecule has 166 valence electrons. The summed E-state index contributed by atoms with van der Waals surface area (Å²) in [6.45, 7) is 3.88. The van der Waals surface area contributed by atoms with Crippen LogP contribution in [0, 0.1) is 13.8 Å². The van der Waals surface area contributed by atoms with Crippen LogP contribution >= 0.6 is 0 Å². The molecular weight excluding hydrogens is 418 g/mol. The normalized spacial score (nSPS) is 11.0. The van der Waals surface area contributed by atoms with Crippen LogP contribution in [0.4, 0.5) is 5.69 Å². The topological polar surface area (TPSA) is 92.9 Å². The third-order valence-corrected chi connectivity index (χ3v) is 5.05. The first-order valence-corrected chi connectivity index (χ1v) is 10.4. The molecule has 0 bridgehead atoms. The Kier molecular flexibility index (Phi) is 6.50. The molecule has 2 N–H and O–H groups in total. The summed E-state index contributed by atoms with van der Waals surface area (Å²) in [6.07, 6.45) is 1.49. The maximum Gasteiger partial charge on any atom is 0.307 e. The molecule has 4 rings (SSSR count). The Bertz CT molecular complexity index is 1310. The van der Waals surface area contributed by atoms with Gasteiger partial charge in [-0.05, 0) is 66.9 Å². The molecule has 0 atom stereocenters. The first kappa shape index (κ1) is 21.8. The van der Waals surface area contributed by atoms with Crippen LogP contribution in [0.3, 0.4) is 0 Å². The van der Waals surface area contributed by atoms with Gasteiger partial charge in [-0.3, -0.25) is 9.59 Å². The third-order valence-electron chi connectivity index (χ3n) is 5.05. The molecule has 0 aliphatic heterocycles. The maximum absolute atomic E-state index is 12.3. The number of amides is 2. The Morgan fingerprint density at radius 2 is 1.82 bits per heavy atom. The van der Waals surface area contributed by atoms with Gasteiger partial charge in [-0.2, -0.15) is 5.10 Å². The molecule has 0 saturated heterocycles. The van der Waals surface area contributed by atoms with E-state index in [4.69, 9.17) is 9.15 Å². The van der Waals surface area contributed by atoms with Crippen LogP contribution in [0.2, 0.25) is 0 Å². The Morgan fingerprint density at radius 3 is 2.64 bits per heavy atom. The molecule has 0 radical (unpaired) electrons. The molecule has 7 heteroatoms. The van der Waals surface area contributed by atoms with Gasteiger partial charge in [0.1, 0.15) is 11.3 Å². The monoisotopic (exact) mass is 441 g/mol. The number of hydrazone groups is 1. The van der Waals surface area contributed by atoms with E-state index in [2.05, 4.69) is 15.8 Å². The summed E-state index contributed by atoms with van der Waals surface area (Å²) in [5, 5.41) is 7.64. The quantitative estimate of drug-likeness (QED) is 0.317. The lowest BCUT2D eigenvalue weighted by molar-refractivity contribution is -0.118. The van der Waals surface area contributed by atoms with Crippen molar-refractivity contribution >= 4 is 34.7 Å². The number of carbonyl (C=O) groups excluding carboxylic acids is 2. The summed E-state index contributed by atoms with van der Waals surface area (Å²) in [7, 11) is 0.